The summed E-state index contributed by atoms with van der Waals surface area (Å²) in [5, 5.41) is 0. The summed E-state index contributed by atoms with van der Waals surface area (Å²) in [5.74, 6) is -2.92. The number of hydrogen-bond acceptors (Lipinski definition) is 4. The highest BCUT2D eigenvalue weighted by Gasteiger charge is 2.43. The van der Waals surface area contributed by atoms with Crippen LogP contribution in [-0.2, 0) is 19.6 Å². The average molecular weight is 254 g/mol. The molecule has 1 heterocycles. The van der Waals surface area contributed by atoms with E-state index in [-0.39, 0.29) is 10.5 Å². The third kappa shape index (κ3) is 1.50. The molecule has 17 heavy (non-hydrogen) atoms. The van der Waals surface area contributed by atoms with Gasteiger partial charge in [0.05, 0.1) is 4.90 Å². The Bertz CT molecular complexity index is 608. The predicted octanol–water partition coefficient (Wildman–Crippen LogP) is -0.584. The molecular formula is C10H10N2O4S. The van der Waals surface area contributed by atoms with Crippen molar-refractivity contribution >= 4 is 21.8 Å². The maximum absolute atomic E-state index is 11.9. The summed E-state index contributed by atoms with van der Waals surface area (Å²) in [7, 11) is -2.75. The zero-order valence-corrected chi connectivity index (χ0v) is 9.77. The van der Waals surface area contributed by atoms with Crippen LogP contribution in [0.5, 0.6) is 0 Å². The van der Waals surface area contributed by atoms with Crippen molar-refractivity contribution in [2.45, 2.75) is 10.8 Å². The van der Waals surface area contributed by atoms with E-state index in [4.69, 9.17) is 5.73 Å². The molecule has 2 amide bonds. The van der Waals surface area contributed by atoms with Gasteiger partial charge in [0.15, 0.2) is 0 Å². The minimum absolute atomic E-state index is 0.0501. The van der Waals surface area contributed by atoms with Crippen molar-refractivity contribution in [2.75, 3.05) is 7.05 Å². The van der Waals surface area contributed by atoms with Gasteiger partial charge in [0.25, 0.3) is 15.9 Å². The fourth-order valence-corrected chi connectivity index (χ4v) is 3.18. The third-order valence-electron chi connectivity index (χ3n) is 2.71. The van der Waals surface area contributed by atoms with Crippen molar-refractivity contribution in [3.8, 4) is 0 Å². The average Bonchev–Trinajstić information content (AvgIpc) is 2.26. The fourth-order valence-electron chi connectivity index (χ4n) is 1.81. The highest BCUT2D eigenvalue weighted by molar-refractivity contribution is 7.89. The van der Waals surface area contributed by atoms with Gasteiger partial charge in [-0.15, -0.1) is 0 Å². The molecule has 0 aromatic heterocycles. The number of fused-ring (bicyclic) bond motifs is 1. The summed E-state index contributed by atoms with van der Waals surface area (Å²) < 4.78 is 24.4. The molecule has 2 rings (SSSR count). The Hall–Kier alpha value is -1.89. The monoisotopic (exact) mass is 254 g/mol. The quantitative estimate of drug-likeness (QED) is 0.678. The Morgan fingerprint density at radius 3 is 2.53 bits per heavy atom. The summed E-state index contributed by atoms with van der Waals surface area (Å²) in [6, 6.07) is 5.86. The standard InChI is InChI=1S/C10H10N2O4S/c1-12-10(14)8(9(11)13)6-4-2-3-5-7(6)17(12,15)16/h2-5,8H,1H3,(H2,11,13). The van der Waals surface area contributed by atoms with Gasteiger partial charge in [-0.1, -0.05) is 18.2 Å². The van der Waals surface area contributed by atoms with Crippen LogP contribution >= 0.6 is 0 Å². The summed E-state index contributed by atoms with van der Waals surface area (Å²) in [6.45, 7) is 0. The lowest BCUT2D eigenvalue weighted by molar-refractivity contribution is -0.133. The number of nitrogens with two attached hydrogens (primary N) is 1. The largest absolute Gasteiger partial charge is 0.369 e. The number of sulfonamides is 1. The minimum atomic E-state index is -3.86. The molecular weight excluding hydrogens is 244 g/mol. The Kier molecular flexibility index (Phi) is 2.43. The van der Waals surface area contributed by atoms with Gasteiger partial charge in [0.2, 0.25) is 5.91 Å². The number of benzene rings is 1. The predicted molar refractivity (Wildman–Crippen MR) is 58.3 cm³/mol. The molecule has 1 aromatic carbocycles. The van der Waals surface area contributed by atoms with Crippen LogP contribution in [0.4, 0.5) is 0 Å². The van der Waals surface area contributed by atoms with Gasteiger partial charge in [-0.25, -0.2) is 12.7 Å². The van der Waals surface area contributed by atoms with E-state index in [0.717, 1.165) is 7.05 Å². The molecule has 1 atom stereocenters. The lowest BCUT2D eigenvalue weighted by Crippen LogP contribution is -2.45. The first kappa shape index (κ1) is 11.6. The number of primary amides is 1. The first-order valence-electron chi connectivity index (χ1n) is 4.78. The van der Waals surface area contributed by atoms with E-state index in [1.165, 1.54) is 18.2 Å². The molecule has 1 aliphatic heterocycles. The lowest BCUT2D eigenvalue weighted by Gasteiger charge is -2.29. The van der Waals surface area contributed by atoms with Gasteiger partial charge < -0.3 is 5.73 Å². The molecule has 1 aliphatic rings. The smallest absolute Gasteiger partial charge is 0.266 e. The number of likely N-dealkylation sites (N-methyl/N-ethyl adjacent to an activating group) is 1. The summed E-state index contributed by atoms with van der Waals surface area (Å²) in [4.78, 5) is 23.0. The van der Waals surface area contributed by atoms with Gasteiger partial charge in [-0.05, 0) is 11.6 Å². The first-order chi connectivity index (χ1) is 7.87. The second-order valence-electron chi connectivity index (χ2n) is 3.68. The van der Waals surface area contributed by atoms with Gasteiger partial charge in [0.1, 0.15) is 5.92 Å². The van der Waals surface area contributed by atoms with Crippen molar-refractivity contribution in [2.24, 2.45) is 5.73 Å². The van der Waals surface area contributed by atoms with Crippen LogP contribution in [0.15, 0.2) is 29.2 Å². The molecule has 7 heteroatoms. The second kappa shape index (κ2) is 3.56. The number of amides is 2. The molecule has 90 valence electrons. The van der Waals surface area contributed by atoms with E-state index in [1.54, 1.807) is 6.07 Å². The molecule has 2 N–H and O–H groups in total. The molecule has 0 aliphatic carbocycles. The van der Waals surface area contributed by atoms with Crippen LogP contribution < -0.4 is 5.73 Å². The zero-order valence-electron chi connectivity index (χ0n) is 8.95. The van der Waals surface area contributed by atoms with E-state index in [9.17, 15) is 18.0 Å². The Balaban J connectivity index is 2.79. The normalized spacial score (nSPS) is 22.1. The number of carbonyl (C=O) groups excluding carboxylic acids is 2. The Morgan fingerprint density at radius 2 is 1.94 bits per heavy atom. The molecule has 0 spiro atoms. The second-order valence-corrected chi connectivity index (χ2v) is 5.62. The van der Waals surface area contributed by atoms with Gasteiger partial charge >= 0.3 is 0 Å². The molecule has 0 fully saturated rings. The SMILES string of the molecule is CN1C(=O)C(C(N)=O)c2ccccc2S1(=O)=O. The highest BCUT2D eigenvalue weighted by atomic mass is 32.2. The van der Waals surface area contributed by atoms with Crippen LogP contribution in [0.25, 0.3) is 0 Å². The number of rotatable bonds is 1. The maximum atomic E-state index is 11.9. The maximum Gasteiger partial charge on any atom is 0.266 e. The molecule has 0 radical (unpaired) electrons. The van der Waals surface area contributed by atoms with Gasteiger partial charge in [0, 0.05) is 7.05 Å². The molecule has 6 nitrogen and oxygen atoms in total. The van der Waals surface area contributed by atoms with Gasteiger partial charge in [-0.2, -0.15) is 0 Å². The van der Waals surface area contributed by atoms with Gasteiger partial charge in [-0.3, -0.25) is 9.59 Å². The van der Waals surface area contributed by atoms with E-state index >= 15 is 0 Å². The van der Waals surface area contributed by atoms with Crippen molar-refractivity contribution < 1.29 is 18.0 Å². The van der Waals surface area contributed by atoms with Crippen molar-refractivity contribution in [1.82, 2.24) is 4.31 Å². The van der Waals surface area contributed by atoms with E-state index in [2.05, 4.69) is 0 Å². The van der Waals surface area contributed by atoms with Crippen LogP contribution in [0.2, 0.25) is 0 Å². The molecule has 0 saturated heterocycles. The number of hydrogen-bond donors (Lipinski definition) is 1. The van der Waals surface area contributed by atoms with E-state index < -0.39 is 27.8 Å². The minimum Gasteiger partial charge on any atom is -0.369 e. The molecule has 1 unspecified atom stereocenters. The first-order valence-corrected chi connectivity index (χ1v) is 6.22. The number of carbonyl (C=O) groups is 2. The van der Waals surface area contributed by atoms with E-state index in [1.807, 2.05) is 0 Å². The number of nitrogens with zero attached hydrogens (tertiary/aromatic N) is 1. The molecule has 0 saturated carbocycles. The summed E-state index contributed by atoms with van der Waals surface area (Å²) >= 11 is 0. The topological polar surface area (TPSA) is 97.5 Å². The zero-order chi connectivity index (χ0) is 12.8. The van der Waals surface area contributed by atoms with Crippen molar-refractivity contribution in [1.29, 1.82) is 0 Å². The summed E-state index contributed by atoms with van der Waals surface area (Å²) in [5.41, 5.74) is 5.28. The van der Waals surface area contributed by atoms with Crippen molar-refractivity contribution in [3.63, 3.8) is 0 Å². The molecule has 1 aromatic rings. The van der Waals surface area contributed by atoms with Crippen LogP contribution in [0.1, 0.15) is 11.5 Å². The van der Waals surface area contributed by atoms with Crippen LogP contribution in [-0.4, -0.2) is 31.6 Å². The van der Waals surface area contributed by atoms with E-state index in [0.29, 0.717) is 4.31 Å². The van der Waals surface area contributed by atoms with Crippen LogP contribution in [0, 0.1) is 0 Å². The Labute approximate surface area is 98.1 Å². The lowest BCUT2D eigenvalue weighted by atomic mass is 9.97. The van der Waals surface area contributed by atoms with Crippen molar-refractivity contribution in [3.05, 3.63) is 29.8 Å². The third-order valence-corrected chi connectivity index (χ3v) is 4.54. The fraction of sp³-hybridized carbons (Fsp3) is 0.200. The molecule has 0 bridgehead atoms. The van der Waals surface area contributed by atoms with Crippen LogP contribution in [0.3, 0.4) is 0 Å². The summed E-state index contributed by atoms with van der Waals surface area (Å²) in [6.07, 6.45) is 0. The highest BCUT2D eigenvalue weighted by Crippen LogP contribution is 2.33. The Morgan fingerprint density at radius 1 is 1.35 bits per heavy atom.